The fraction of sp³-hybridized carbons (Fsp3) is 0.125. The van der Waals surface area contributed by atoms with E-state index in [0.29, 0.717) is 11.0 Å². The van der Waals surface area contributed by atoms with Crippen LogP contribution in [0.1, 0.15) is 5.56 Å². The molecule has 0 aliphatic carbocycles. The van der Waals surface area contributed by atoms with Gasteiger partial charge in [0, 0.05) is 12.1 Å². The van der Waals surface area contributed by atoms with Crippen LogP contribution in [0.2, 0.25) is 5.15 Å². The summed E-state index contributed by atoms with van der Waals surface area (Å²) in [6, 6.07) is 3.63. The summed E-state index contributed by atoms with van der Waals surface area (Å²) >= 11 is 11.0. The van der Waals surface area contributed by atoms with Gasteiger partial charge in [-0.1, -0.05) is 29.8 Å². The number of halogens is 2. The summed E-state index contributed by atoms with van der Waals surface area (Å²) in [5.41, 5.74) is 1.01. The van der Waals surface area contributed by atoms with E-state index < -0.39 is 0 Å². The van der Waals surface area contributed by atoms with Gasteiger partial charge in [0.05, 0.1) is 0 Å². The predicted octanol–water partition coefficient (Wildman–Crippen LogP) is 2.99. The molecule has 0 unspecified atom stereocenters. The third kappa shape index (κ3) is 2.91. The van der Waals surface area contributed by atoms with Crippen LogP contribution in [0.25, 0.3) is 6.08 Å². The maximum atomic E-state index is 5.58. The molecule has 0 radical (unpaired) electrons. The largest absolute Gasteiger partial charge is 0.244 e. The van der Waals surface area contributed by atoms with Gasteiger partial charge in [0.2, 0.25) is 0 Å². The molecular formula is C8H7Cl2N. The zero-order valence-corrected chi connectivity index (χ0v) is 7.31. The van der Waals surface area contributed by atoms with E-state index >= 15 is 0 Å². The molecule has 1 rings (SSSR count). The molecule has 0 N–H and O–H groups in total. The highest BCUT2D eigenvalue weighted by Gasteiger charge is 1.87. The van der Waals surface area contributed by atoms with Gasteiger partial charge in [-0.25, -0.2) is 4.98 Å². The van der Waals surface area contributed by atoms with E-state index in [1.807, 2.05) is 18.2 Å². The second-order valence-corrected chi connectivity index (χ2v) is 2.67. The Morgan fingerprint density at radius 2 is 2.27 bits per heavy atom. The summed E-state index contributed by atoms with van der Waals surface area (Å²) in [6.45, 7) is 0. The van der Waals surface area contributed by atoms with Crippen LogP contribution in [0.4, 0.5) is 0 Å². The first-order valence-corrected chi connectivity index (χ1v) is 4.08. The van der Waals surface area contributed by atoms with Gasteiger partial charge in [0.15, 0.2) is 0 Å². The minimum Gasteiger partial charge on any atom is -0.244 e. The van der Waals surface area contributed by atoms with Crippen molar-refractivity contribution >= 4 is 29.3 Å². The van der Waals surface area contributed by atoms with Gasteiger partial charge < -0.3 is 0 Å². The van der Waals surface area contributed by atoms with Gasteiger partial charge in [-0.3, -0.25) is 0 Å². The van der Waals surface area contributed by atoms with E-state index in [-0.39, 0.29) is 0 Å². The predicted molar refractivity (Wildman–Crippen MR) is 49.0 cm³/mol. The molecule has 0 aliphatic rings. The Hall–Kier alpha value is -0.530. The van der Waals surface area contributed by atoms with Gasteiger partial charge in [-0.2, -0.15) is 0 Å². The summed E-state index contributed by atoms with van der Waals surface area (Å²) < 4.78 is 0. The normalized spacial score (nSPS) is 10.7. The van der Waals surface area contributed by atoms with Crippen molar-refractivity contribution in [1.82, 2.24) is 4.98 Å². The third-order valence-electron chi connectivity index (χ3n) is 1.15. The lowest BCUT2D eigenvalue weighted by molar-refractivity contribution is 1.32. The summed E-state index contributed by atoms with van der Waals surface area (Å²) in [6.07, 6.45) is 5.45. The molecule has 0 bridgehead atoms. The fourth-order valence-electron chi connectivity index (χ4n) is 0.666. The average molecular weight is 188 g/mol. The molecule has 0 amide bonds. The van der Waals surface area contributed by atoms with Gasteiger partial charge in [0.1, 0.15) is 5.15 Å². The first kappa shape index (κ1) is 8.57. The standard InChI is InChI=1S/C8H7Cl2N/c9-5-1-2-7-3-4-8(10)11-6-7/h1-4,6H,5H2. The first-order valence-electron chi connectivity index (χ1n) is 3.17. The molecule has 0 saturated heterocycles. The van der Waals surface area contributed by atoms with Gasteiger partial charge in [0.25, 0.3) is 0 Å². The number of nitrogens with zero attached hydrogens (tertiary/aromatic N) is 1. The average Bonchev–Trinajstić information content (AvgIpc) is 2.04. The molecule has 0 aromatic carbocycles. The lowest BCUT2D eigenvalue weighted by atomic mass is 10.3. The maximum absolute atomic E-state index is 5.58. The van der Waals surface area contributed by atoms with E-state index in [2.05, 4.69) is 4.98 Å². The number of hydrogen-bond acceptors (Lipinski definition) is 1. The second kappa shape index (κ2) is 4.37. The molecule has 0 spiro atoms. The Morgan fingerprint density at radius 3 is 2.82 bits per heavy atom. The van der Waals surface area contributed by atoms with E-state index in [9.17, 15) is 0 Å². The van der Waals surface area contributed by atoms with Crippen LogP contribution in [-0.4, -0.2) is 10.9 Å². The van der Waals surface area contributed by atoms with E-state index in [4.69, 9.17) is 23.2 Å². The molecule has 3 heteroatoms. The highest BCUT2D eigenvalue weighted by atomic mass is 35.5. The minimum absolute atomic E-state index is 0.507. The van der Waals surface area contributed by atoms with Crippen LogP contribution in [0.3, 0.4) is 0 Å². The zero-order valence-electron chi connectivity index (χ0n) is 5.80. The lowest BCUT2D eigenvalue weighted by Crippen LogP contribution is -1.76. The van der Waals surface area contributed by atoms with Crippen LogP contribution in [0, 0.1) is 0 Å². The van der Waals surface area contributed by atoms with Crippen LogP contribution < -0.4 is 0 Å². The van der Waals surface area contributed by atoms with E-state index in [1.165, 1.54) is 0 Å². The zero-order chi connectivity index (χ0) is 8.10. The molecule has 0 aliphatic heterocycles. The Bertz CT molecular complexity index is 241. The molecule has 1 aromatic rings. The first-order chi connectivity index (χ1) is 5.33. The number of rotatable bonds is 2. The van der Waals surface area contributed by atoms with Gasteiger partial charge in [-0.05, 0) is 11.6 Å². The van der Waals surface area contributed by atoms with E-state index in [1.54, 1.807) is 12.3 Å². The molecule has 0 atom stereocenters. The molecule has 1 aromatic heterocycles. The van der Waals surface area contributed by atoms with Crippen molar-refractivity contribution in [2.45, 2.75) is 0 Å². The summed E-state index contributed by atoms with van der Waals surface area (Å²) in [5, 5.41) is 0.507. The molecule has 1 heterocycles. The monoisotopic (exact) mass is 187 g/mol. The highest BCUT2D eigenvalue weighted by Crippen LogP contribution is 2.06. The van der Waals surface area contributed by atoms with Crippen molar-refractivity contribution in [3.05, 3.63) is 35.1 Å². The number of aromatic nitrogens is 1. The summed E-state index contributed by atoms with van der Waals surface area (Å²) in [4.78, 5) is 3.90. The van der Waals surface area contributed by atoms with Crippen molar-refractivity contribution < 1.29 is 0 Å². The minimum atomic E-state index is 0.507. The smallest absolute Gasteiger partial charge is 0.129 e. The van der Waals surface area contributed by atoms with Crippen molar-refractivity contribution in [2.75, 3.05) is 5.88 Å². The Balaban J connectivity index is 2.73. The van der Waals surface area contributed by atoms with Crippen LogP contribution in [0.15, 0.2) is 24.4 Å². The second-order valence-electron chi connectivity index (χ2n) is 1.97. The quantitative estimate of drug-likeness (QED) is 0.513. The topological polar surface area (TPSA) is 12.9 Å². The number of pyridine rings is 1. The van der Waals surface area contributed by atoms with Gasteiger partial charge in [-0.15, -0.1) is 11.6 Å². The molecule has 58 valence electrons. The maximum Gasteiger partial charge on any atom is 0.129 e. The fourth-order valence-corrected chi connectivity index (χ4v) is 0.867. The number of allylic oxidation sites excluding steroid dienone is 1. The molecule has 0 fully saturated rings. The Morgan fingerprint density at radius 1 is 1.45 bits per heavy atom. The van der Waals surface area contributed by atoms with Crippen molar-refractivity contribution in [2.24, 2.45) is 0 Å². The van der Waals surface area contributed by atoms with Crippen LogP contribution >= 0.6 is 23.2 Å². The van der Waals surface area contributed by atoms with Crippen molar-refractivity contribution in [1.29, 1.82) is 0 Å². The SMILES string of the molecule is ClCC=Cc1ccc(Cl)nc1. The van der Waals surface area contributed by atoms with Gasteiger partial charge >= 0.3 is 0 Å². The van der Waals surface area contributed by atoms with Crippen molar-refractivity contribution in [3.63, 3.8) is 0 Å². The molecule has 11 heavy (non-hydrogen) atoms. The molecule has 1 nitrogen and oxygen atoms in total. The van der Waals surface area contributed by atoms with E-state index in [0.717, 1.165) is 5.56 Å². The highest BCUT2D eigenvalue weighted by molar-refractivity contribution is 6.29. The number of alkyl halides is 1. The molecule has 0 saturated carbocycles. The number of hydrogen-bond donors (Lipinski definition) is 0. The molecular weight excluding hydrogens is 181 g/mol. The third-order valence-corrected chi connectivity index (χ3v) is 1.55. The van der Waals surface area contributed by atoms with Crippen molar-refractivity contribution in [3.8, 4) is 0 Å². The van der Waals surface area contributed by atoms with Crippen LogP contribution in [0.5, 0.6) is 0 Å². The Labute approximate surface area is 75.7 Å². The summed E-state index contributed by atoms with van der Waals surface area (Å²) in [5.74, 6) is 0.516. The summed E-state index contributed by atoms with van der Waals surface area (Å²) in [7, 11) is 0. The lowest BCUT2D eigenvalue weighted by Gasteiger charge is -1.90. The van der Waals surface area contributed by atoms with Crippen LogP contribution in [-0.2, 0) is 0 Å². The Kier molecular flexibility index (Phi) is 3.40.